The Morgan fingerprint density at radius 1 is 1.29 bits per heavy atom. The van der Waals surface area contributed by atoms with Gasteiger partial charge in [-0.05, 0) is 13.8 Å². The zero-order valence-electron chi connectivity index (χ0n) is 10.4. The molecule has 0 aliphatic rings. The molecule has 98 valence electrons. The predicted octanol–water partition coefficient (Wildman–Crippen LogP) is -1.92. The lowest BCUT2D eigenvalue weighted by atomic mass is 9.92. The number of nitrogens with two attached hydrogens (primary N) is 2. The normalized spacial score (nSPS) is 12.7. The minimum Gasteiger partial charge on any atom is -0.370 e. The largest absolute Gasteiger partial charge is 0.370 e. The van der Waals surface area contributed by atoms with Crippen molar-refractivity contribution >= 4 is 17.7 Å². The zero-order chi connectivity index (χ0) is 13.6. The van der Waals surface area contributed by atoms with Crippen LogP contribution in [-0.4, -0.2) is 37.4 Å². The summed E-state index contributed by atoms with van der Waals surface area (Å²) in [6.07, 6.45) is -0.216. The minimum atomic E-state index is -0.979. The maximum Gasteiger partial charge on any atom is 0.237 e. The number of carbonyl (C=O) groups excluding carboxylic acids is 3. The average molecular weight is 244 g/mol. The van der Waals surface area contributed by atoms with Crippen LogP contribution in [0.5, 0.6) is 0 Å². The standard InChI is InChI=1S/C10H20N4O3/c1-10(2,9(17)13-3)5-14-8(16)6(11)4-7(12)15/h6H,4-5,11H2,1-3H3,(H2,12,15)(H,13,17)(H,14,16). The number of hydrogen-bond donors (Lipinski definition) is 4. The summed E-state index contributed by atoms with van der Waals surface area (Å²) in [5.74, 6) is -1.33. The minimum absolute atomic E-state index is 0.137. The third-order valence-electron chi connectivity index (χ3n) is 2.30. The molecule has 0 aromatic rings. The van der Waals surface area contributed by atoms with Crippen molar-refractivity contribution in [2.75, 3.05) is 13.6 Å². The molecule has 6 N–H and O–H groups in total. The maximum atomic E-state index is 11.5. The van der Waals surface area contributed by atoms with Crippen LogP contribution in [0.15, 0.2) is 0 Å². The Hall–Kier alpha value is -1.63. The Labute approximate surface area is 100 Å². The fourth-order valence-electron chi connectivity index (χ4n) is 1.17. The molecule has 0 heterocycles. The van der Waals surface area contributed by atoms with Crippen molar-refractivity contribution in [3.05, 3.63) is 0 Å². The molecule has 3 amide bonds. The maximum absolute atomic E-state index is 11.5. The van der Waals surface area contributed by atoms with Crippen LogP contribution in [0.25, 0.3) is 0 Å². The van der Waals surface area contributed by atoms with Crippen molar-refractivity contribution in [2.45, 2.75) is 26.3 Å². The highest BCUT2D eigenvalue weighted by molar-refractivity contribution is 5.88. The Bertz CT molecular complexity index is 315. The monoisotopic (exact) mass is 244 g/mol. The first-order valence-corrected chi connectivity index (χ1v) is 5.24. The second kappa shape index (κ2) is 6.19. The lowest BCUT2D eigenvalue weighted by molar-refractivity contribution is -0.130. The third-order valence-corrected chi connectivity index (χ3v) is 2.30. The second-order valence-electron chi connectivity index (χ2n) is 4.46. The Morgan fingerprint density at radius 3 is 2.24 bits per heavy atom. The average Bonchev–Trinajstić information content (AvgIpc) is 2.23. The molecule has 0 aromatic carbocycles. The van der Waals surface area contributed by atoms with Gasteiger partial charge in [0.1, 0.15) is 0 Å². The van der Waals surface area contributed by atoms with Gasteiger partial charge in [0.15, 0.2) is 0 Å². The predicted molar refractivity (Wildman–Crippen MR) is 62.6 cm³/mol. The zero-order valence-corrected chi connectivity index (χ0v) is 10.4. The molecule has 0 saturated heterocycles. The molecule has 7 heteroatoms. The summed E-state index contributed by atoms with van der Waals surface area (Å²) >= 11 is 0. The van der Waals surface area contributed by atoms with Crippen molar-refractivity contribution in [3.8, 4) is 0 Å². The molecule has 1 unspecified atom stereocenters. The quantitative estimate of drug-likeness (QED) is 0.434. The van der Waals surface area contributed by atoms with Gasteiger partial charge in [0.05, 0.1) is 17.9 Å². The Morgan fingerprint density at radius 2 is 1.82 bits per heavy atom. The van der Waals surface area contributed by atoms with E-state index in [1.54, 1.807) is 13.8 Å². The van der Waals surface area contributed by atoms with E-state index in [4.69, 9.17) is 11.5 Å². The second-order valence-corrected chi connectivity index (χ2v) is 4.46. The van der Waals surface area contributed by atoms with Crippen LogP contribution >= 0.6 is 0 Å². The van der Waals surface area contributed by atoms with Gasteiger partial charge in [-0.2, -0.15) is 0 Å². The summed E-state index contributed by atoms with van der Waals surface area (Å²) in [6.45, 7) is 3.51. The fourth-order valence-corrected chi connectivity index (χ4v) is 1.17. The van der Waals surface area contributed by atoms with E-state index in [9.17, 15) is 14.4 Å². The van der Waals surface area contributed by atoms with Gasteiger partial charge in [0.2, 0.25) is 17.7 Å². The number of amides is 3. The molecule has 1 atom stereocenters. The summed E-state index contributed by atoms with van der Waals surface area (Å²) < 4.78 is 0. The van der Waals surface area contributed by atoms with Crippen molar-refractivity contribution < 1.29 is 14.4 Å². The smallest absolute Gasteiger partial charge is 0.237 e. The van der Waals surface area contributed by atoms with Crippen LogP contribution in [0.2, 0.25) is 0 Å². The molecule has 0 aliphatic heterocycles. The lowest BCUT2D eigenvalue weighted by Gasteiger charge is -2.23. The first kappa shape index (κ1) is 15.4. The van der Waals surface area contributed by atoms with Crippen LogP contribution in [0.1, 0.15) is 20.3 Å². The van der Waals surface area contributed by atoms with Crippen molar-refractivity contribution in [1.29, 1.82) is 0 Å². The Kier molecular flexibility index (Phi) is 5.60. The summed E-state index contributed by atoms with van der Waals surface area (Å²) in [4.78, 5) is 33.5. The molecular weight excluding hydrogens is 224 g/mol. The molecule has 0 fully saturated rings. The van der Waals surface area contributed by atoms with Crippen LogP contribution in [0.3, 0.4) is 0 Å². The molecular formula is C10H20N4O3. The third kappa shape index (κ3) is 5.30. The first-order chi connectivity index (χ1) is 7.70. The summed E-state index contributed by atoms with van der Waals surface area (Å²) in [5, 5.41) is 5.01. The van der Waals surface area contributed by atoms with E-state index in [0.717, 1.165) is 0 Å². The van der Waals surface area contributed by atoms with Gasteiger partial charge in [-0.3, -0.25) is 14.4 Å². The van der Waals surface area contributed by atoms with Crippen molar-refractivity contribution in [3.63, 3.8) is 0 Å². The highest BCUT2D eigenvalue weighted by Gasteiger charge is 2.28. The van der Waals surface area contributed by atoms with Crippen LogP contribution in [0.4, 0.5) is 0 Å². The topological polar surface area (TPSA) is 127 Å². The van der Waals surface area contributed by atoms with Gasteiger partial charge >= 0.3 is 0 Å². The van der Waals surface area contributed by atoms with E-state index in [2.05, 4.69) is 10.6 Å². The van der Waals surface area contributed by atoms with Gasteiger partial charge in [-0.15, -0.1) is 0 Å². The van der Waals surface area contributed by atoms with E-state index in [1.165, 1.54) is 7.05 Å². The van der Waals surface area contributed by atoms with Crippen molar-refractivity contribution in [1.82, 2.24) is 10.6 Å². The molecule has 0 spiro atoms. The molecule has 0 rings (SSSR count). The molecule has 0 bridgehead atoms. The molecule has 0 radical (unpaired) electrons. The van der Waals surface area contributed by atoms with E-state index in [-0.39, 0.29) is 18.9 Å². The van der Waals surface area contributed by atoms with E-state index in [0.29, 0.717) is 0 Å². The van der Waals surface area contributed by atoms with E-state index < -0.39 is 23.3 Å². The highest BCUT2D eigenvalue weighted by atomic mass is 16.2. The summed E-state index contributed by atoms with van der Waals surface area (Å²) in [5.41, 5.74) is 9.62. The molecule has 7 nitrogen and oxygen atoms in total. The molecule has 0 aromatic heterocycles. The molecule has 0 aliphatic carbocycles. The van der Waals surface area contributed by atoms with E-state index >= 15 is 0 Å². The van der Waals surface area contributed by atoms with Gasteiger partial charge in [0.25, 0.3) is 0 Å². The molecule has 17 heavy (non-hydrogen) atoms. The number of rotatable bonds is 6. The number of hydrogen-bond acceptors (Lipinski definition) is 4. The summed E-state index contributed by atoms with van der Waals surface area (Å²) in [7, 11) is 1.52. The Balaban J connectivity index is 4.24. The van der Waals surface area contributed by atoms with Crippen LogP contribution in [-0.2, 0) is 14.4 Å². The van der Waals surface area contributed by atoms with Crippen molar-refractivity contribution in [2.24, 2.45) is 16.9 Å². The van der Waals surface area contributed by atoms with Crippen LogP contribution < -0.4 is 22.1 Å². The number of nitrogens with one attached hydrogen (secondary N) is 2. The lowest BCUT2D eigenvalue weighted by Crippen LogP contribution is -2.49. The van der Waals surface area contributed by atoms with Gasteiger partial charge in [-0.25, -0.2) is 0 Å². The van der Waals surface area contributed by atoms with Crippen LogP contribution in [0, 0.1) is 5.41 Å². The van der Waals surface area contributed by atoms with Gasteiger partial charge < -0.3 is 22.1 Å². The van der Waals surface area contributed by atoms with Gasteiger partial charge in [0, 0.05) is 13.6 Å². The van der Waals surface area contributed by atoms with E-state index in [1.807, 2.05) is 0 Å². The summed E-state index contributed by atoms with van der Waals surface area (Å²) in [6, 6.07) is -0.979. The highest BCUT2D eigenvalue weighted by Crippen LogP contribution is 2.13. The fraction of sp³-hybridized carbons (Fsp3) is 0.700. The number of primary amides is 1. The first-order valence-electron chi connectivity index (χ1n) is 5.24. The SMILES string of the molecule is CNC(=O)C(C)(C)CNC(=O)C(N)CC(N)=O. The number of carbonyl (C=O) groups is 3. The van der Waals surface area contributed by atoms with Gasteiger partial charge in [-0.1, -0.05) is 0 Å². The molecule has 0 saturated carbocycles.